The molecule has 0 unspecified atom stereocenters. The molecular weight excluding hydrogens is 370 g/mol. The van der Waals surface area contributed by atoms with Crippen LogP contribution in [-0.4, -0.2) is 48.7 Å². The molecule has 0 aliphatic carbocycles. The highest BCUT2D eigenvalue weighted by Crippen LogP contribution is 2.17. The van der Waals surface area contributed by atoms with Crippen LogP contribution in [0.5, 0.6) is 0 Å². The van der Waals surface area contributed by atoms with Gasteiger partial charge >= 0.3 is 11.9 Å². The number of carbonyl (C=O) groups excluding carboxylic acids is 3. The number of rotatable bonds is 7. The summed E-state index contributed by atoms with van der Waals surface area (Å²) < 4.78 is 15.3. The maximum Gasteiger partial charge on any atom is 0.337 e. The van der Waals surface area contributed by atoms with Gasteiger partial charge in [-0.25, -0.2) is 14.6 Å². The Labute approximate surface area is 160 Å². The number of nitrogens with one attached hydrogen (secondary N) is 1. The zero-order valence-corrected chi connectivity index (χ0v) is 15.6. The van der Waals surface area contributed by atoms with Crippen molar-refractivity contribution in [1.29, 1.82) is 0 Å². The maximum atomic E-state index is 12.3. The lowest BCUT2D eigenvalue weighted by atomic mass is 10.1. The van der Waals surface area contributed by atoms with Crippen molar-refractivity contribution in [2.45, 2.75) is 13.2 Å². The lowest BCUT2D eigenvalue weighted by Crippen LogP contribution is -2.28. The second kappa shape index (κ2) is 9.42. The van der Waals surface area contributed by atoms with E-state index in [9.17, 15) is 19.2 Å². The molecule has 0 saturated carbocycles. The Morgan fingerprint density at radius 3 is 2.11 bits per heavy atom. The number of methoxy groups -OCH3 is 3. The van der Waals surface area contributed by atoms with Gasteiger partial charge in [-0.1, -0.05) is 0 Å². The minimum atomic E-state index is -0.685. The Morgan fingerprint density at radius 1 is 1.00 bits per heavy atom. The van der Waals surface area contributed by atoms with Crippen molar-refractivity contribution >= 4 is 23.5 Å². The lowest BCUT2D eigenvalue weighted by Gasteiger charge is -2.10. The molecule has 148 valence electrons. The number of ether oxygens (including phenoxy) is 3. The molecule has 2 aromatic rings. The first-order valence-electron chi connectivity index (χ1n) is 8.03. The smallest absolute Gasteiger partial charge is 0.337 e. The number of esters is 2. The summed E-state index contributed by atoms with van der Waals surface area (Å²) >= 11 is 0. The van der Waals surface area contributed by atoms with Crippen molar-refractivity contribution in [3.8, 4) is 0 Å². The molecule has 0 fully saturated rings. The predicted octanol–water partition coefficient (Wildman–Crippen LogP) is 0.602. The van der Waals surface area contributed by atoms with Crippen LogP contribution in [0.15, 0.2) is 35.4 Å². The Bertz CT molecular complexity index is 918. The Morgan fingerprint density at radius 2 is 1.61 bits per heavy atom. The first-order valence-corrected chi connectivity index (χ1v) is 8.03. The topological polar surface area (TPSA) is 126 Å². The highest BCUT2D eigenvalue weighted by atomic mass is 16.5. The number of aromatic nitrogens is 2. The average molecular weight is 389 g/mol. The van der Waals surface area contributed by atoms with Crippen molar-refractivity contribution in [3.05, 3.63) is 57.8 Å². The summed E-state index contributed by atoms with van der Waals surface area (Å²) in [6, 6.07) is 5.25. The van der Waals surface area contributed by atoms with Gasteiger partial charge in [0.1, 0.15) is 6.54 Å². The monoisotopic (exact) mass is 389 g/mol. The molecule has 0 radical (unpaired) electrons. The van der Waals surface area contributed by atoms with E-state index < -0.39 is 23.4 Å². The molecule has 10 heteroatoms. The summed E-state index contributed by atoms with van der Waals surface area (Å²) in [5.41, 5.74) is 0.311. The first-order chi connectivity index (χ1) is 13.4. The zero-order valence-electron chi connectivity index (χ0n) is 15.6. The van der Waals surface area contributed by atoms with E-state index in [1.54, 1.807) is 0 Å². The fraction of sp³-hybridized carbons (Fsp3) is 0.278. The molecule has 0 aliphatic rings. The summed E-state index contributed by atoms with van der Waals surface area (Å²) in [7, 11) is 3.86. The number of benzene rings is 1. The fourth-order valence-electron chi connectivity index (χ4n) is 2.34. The van der Waals surface area contributed by atoms with Gasteiger partial charge in [-0.15, -0.1) is 0 Å². The van der Waals surface area contributed by atoms with Gasteiger partial charge in [0, 0.05) is 18.9 Å². The van der Waals surface area contributed by atoms with E-state index >= 15 is 0 Å². The predicted molar refractivity (Wildman–Crippen MR) is 97.0 cm³/mol. The molecule has 1 aromatic carbocycles. The van der Waals surface area contributed by atoms with Crippen LogP contribution in [0.4, 0.5) is 5.69 Å². The normalized spacial score (nSPS) is 10.2. The number of anilines is 1. The standard InChI is InChI=1S/C18H19N3O7/c1-26-9-14-7-16(23)21(10-19-14)8-15(22)20-13-5-11(17(24)27-2)4-12(6-13)18(25)28-3/h4-7,10H,8-9H2,1-3H3,(H,20,22). The van der Waals surface area contributed by atoms with E-state index in [0.29, 0.717) is 5.69 Å². The van der Waals surface area contributed by atoms with E-state index in [1.165, 1.54) is 51.9 Å². The average Bonchev–Trinajstić information content (AvgIpc) is 2.68. The molecule has 1 aromatic heterocycles. The summed E-state index contributed by atoms with van der Waals surface area (Å²) in [5.74, 6) is -1.92. The number of nitrogens with zero attached hydrogens (tertiary/aromatic N) is 2. The maximum absolute atomic E-state index is 12.3. The highest BCUT2D eigenvalue weighted by molar-refractivity contribution is 5.99. The van der Waals surface area contributed by atoms with Gasteiger partial charge in [-0.05, 0) is 18.2 Å². The Balaban J connectivity index is 2.22. The van der Waals surface area contributed by atoms with Crippen LogP contribution in [0, 0.1) is 0 Å². The fourth-order valence-corrected chi connectivity index (χ4v) is 2.34. The summed E-state index contributed by atoms with van der Waals surface area (Å²) in [4.78, 5) is 51.9. The summed E-state index contributed by atoms with van der Waals surface area (Å²) in [6.07, 6.45) is 1.24. The van der Waals surface area contributed by atoms with E-state index in [2.05, 4.69) is 19.8 Å². The minimum absolute atomic E-state index is 0.0588. The molecule has 0 atom stereocenters. The molecule has 0 spiro atoms. The van der Waals surface area contributed by atoms with Crippen LogP contribution in [-0.2, 0) is 32.2 Å². The first kappa shape index (κ1) is 20.8. The van der Waals surface area contributed by atoms with Crippen molar-refractivity contribution in [3.63, 3.8) is 0 Å². The van der Waals surface area contributed by atoms with E-state index in [0.717, 1.165) is 4.57 Å². The van der Waals surface area contributed by atoms with Crippen LogP contribution in [0.3, 0.4) is 0 Å². The van der Waals surface area contributed by atoms with E-state index in [1.807, 2.05) is 0 Å². The second-order valence-corrected chi connectivity index (χ2v) is 5.61. The third-order valence-electron chi connectivity index (χ3n) is 3.60. The van der Waals surface area contributed by atoms with Crippen LogP contribution in [0.25, 0.3) is 0 Å². The second-order valence-electron chi connectivity index (χ2n) is 5.61. The Hall–Kier alpha value is -3.53. The lowest BCUT2D eigenvalue weighted by molar-refractivity contribution is -0.116. The summed E-state index contributed by atoms with van der Waals surface area (Å²) in [6.45, 7) is -0.131. The molecule has 0 saturated heterocycles. The number of amides is 1. The minimum Gasteiger partial charge on any atom is -0.465 e. The van der Waals surface area contributed by atoms with Gasteiger partial charge in [-0.3, -0.25) is 14.2 Å². The largest absolute Gasteiger partial charge is 0.465 e. The van der Waals surface area contributed by atoms with Crippen LogP contribution >= 0.6 is 0 Å². The van der Waals surface area contributed by atoms with Crippen molar-refractivity contribution in [2.75, 3.05) is 26.6 Å². The van der Waals surface area contributed by atoms with Crippen LogP contribution in [0.2, 0.25) is 0 Å². The Kier molecular flexibility index (Phi) is 6.99. The number of hydrogen-bond acceptors (Lipinski definition) is 8. The molecular formula is C18H19N3O7. The van der Waals surface area contributed by atoms with Crippen molar-refractivity contribution in [1.82, 2.24) is 9.55 Å². The van der Waals surface area contributed by atoms with Gasteiger partial charge in [-0.2, -0.15) is 0 Å². The van der Waals surface area contributed by atoms with Crippen LogP contribution in [0.1, 0.15) is 26.4 Å². The van der Waals surface area contributed by atoms with Gasteiger partial charge in [0.15, 0.2) is 0 Å². The molecule has 2 rings (SSSR count). The quantitative estimate of drug-likeness (QED) is 0.683. The third kappa shape index (κ3) is 5.24. The van der Waals surface area contributed by atoms with Gasteiger partial charge in [0.05, 0.1) is 44.0 Å². The summed E-state index contributed by atoms with van der Waals surface area (Å²) in [5, 5.41) is 2.53. The van der Waals surface area contributed by atoms with Crippen molar-refractivity contribution in [2.24, 2.45) is 0 Å². The number of hydrogen-bond donors (Lipinski definition) is 1. The van der Waals surface area contributed by atoms with E-state index in [4.69, 9.17) is 4.74 Å². The van der Waals surface area contributed by atoms with E-state index in [-0.39, 0.29) is 30.0 Å². The molecule has 0 aliphatic heterocycles. The van der Waals surface area contributed by atoms with Crippen LogP contribution < -0.4 is 10.9 Å². The van der Waals surface area contributed by atoms with Gasteiger partial charge < -0.3 is 19.5 Å². The molecule has 10 nitrogen and oxygen atoms in total. The molecule has 1 heterocycles. The molecule has 1 N–H and O–H groups in total. The molecule has 1 amide bonds. The SMILES string of the molecule is COCc1cc(=O)n(CC(=O)Nc2cc(C(=O)OC)cc(C(=O)OC)c2)cn1. The number of carbonyl (C=O) groups is 3. The molecule has 0 bridgehead atoms. The highest BCUT2D eigenvalue weighted by Gasteiger charge is 2.15. The van der Waals surface area contributed by atoms with Gasteiger partial charge in [0.2, 0.25) is 5.91 Å². The zero-order chi connectivity index (χ0) is 20.7. The van der Waals surface area contributed by atoms with Crippen molar-refractivity contribution < 1.29 is 28.6 Å². The van der Waals surface area contributed by atoms with Gasteiger partial charge in [0.25, 0.3) is 5.56 Å². The third-order valence-corrected chi connectivity index (χ3v) is 3.60. The molecule has 28 heavy (non-hydrogen) atoms.